The second-order valence-corrected chi connectivity index (χ2v) is 8.20. The first-order chi connectivity index (χ1) is 18.2. The summed E-state index contributed by atoms with van der Waals surface area (Å²) < 4.78 is 30.6. The van der Waals surface area contributed by atoms with E-state index in [4.69, 9.17) is 34.2 Å². The van der Waals surface area contributed by atoms with E-state index in [0.717, 1.165) is 0 Å². The zero-order chi connectivity index (χ0) is 27.9. The Kier molecular flexibility index (Phi) is 12.6. The summed E-state index contributed by atoms with van der Waals surface area (Å²) in [6.45, 7) is 5.35. The molecule has 0 saturated heterocycles. The molecule has 0 amide bonds. The molecule has 0 saturated carbocycles. The van der Waals surface area contributed by atoms with Gasteiger partial charge in [0.25, 0.3) is 0 Å². The maximum Gasteiger partial charge on any atom is 0.513 e. The maximum absolute atomic E-state index is 12.4. The monoisotopic (exact) mass is 531 g/mol. The molecule has 2 rings (SSSR count). The molecule has 38 heavy (non-hydrogen) atoms. The average molecular weight is 532 g/mol. The Hall–Kier alpha value is -4.12. The van der Waals surface area contributed by atoms with Crippen molar-refractivity contribution in [2.24, 2.45) is 5.73 Å². The lowest BCUT2D eigenvalue weighted by Crippen LogP contribution is -2.36. The van der Waals surface area contributed by atoms with Crippen molar-refractivity contribution in [2.45, 2.75) is 52.2 Å². The Morgan fingerprint density at radius 2 is 1.42 bits per heavy atom. The normalized spacial score (nSPS) is 12.0. The largest absolute Gasteiger partial charge is 0.513 e. The van der Waals surface area contributed by atoms with Gasteiger partial charge in [-0.05, 0) is 56.0 Å². The lowest BCUT2D eigenvalue weighted by atomic mass is 10.1. The summed E-state index contributed by atoms with van der Waals surface area (Å²) in [6, 6.07) is 11.7. The van der Waals surface area contributed by atoms with E-state index in [1.165, 1.54) is 12.1 Å². The van der Waals surface area contributed by atoms with E-state index < -0.39 is 36.4 Å². The van der Waals surface area contributed by atoms with E-state index >= 15 is 0 Å². The van der Waals surface area contributed by atoms with Crippen molar-refractivity contribution in [3.05, 3.63) is 59.7 Å². The predicted octanol–water partition coefficient (Wildman–Crippen LogP) is 4.20. The summed E-state index contributed by atoms with van der Waals surface area (Å²) >= 11 is 0. The number of nitrogens with two attached hydrogens (primary N) is 1. The first kappa shape index (κ1) is 30.1. The minimum Gasteiger partial charge on any atom is -0.461 e. The fourth-order valence-electron chi connectivity index (χ4n) is 2.96. The summed E-state index contributed by atoms with van der Waals surface area (Å²) in [5, 5.41) is 0. The van der Waals surface area contributed by atoms with E-state index in [9.17, 15) is 19.2 Å². The Morgan fingerprint density at radius 1 is 0.816 bits per heavy atom. The van der Waals surface area contributed by atoms with Crippen LogP contribution in [0.25, 0.3) is 0 Å². The molecule has 0 heterocycles. The van der Waals surface area contributed by atoms with Gasteiger partial charge in [-0.25, -0.2) is 14.4 Å². The lowest BCUT2D eigenvalue weighted by molar-refractivity contribution is -0.148. The van der Waals surface area contributed by atoms with Crippen LogP contribution in [0.5, 0.6) is 11.5 Å². The molecule has 0 radical (unpaired) electrons. The van der Waals surface area contributed by atoms with E-state index in [1.54, 1.807) is 43.3 Å². The second kappa shape index (κ2) is 15.9. The standard InChI is InChI=1S/C27H33NO10/c1-4-13-33-26(31)37-22-12-11-19(16-23(22)38-27(32)34-14-5-2)15-21(28)25(30)35-17-18(3)36-24(29)20-9-7-6-8-10-20/h6-12,16,18,21H,4-5,13-15,17,28H2,1-3H3/t18-,21-/m0/s1. The highest BCUT2D eigenvalue weighted by atomic mass is 16.7. The number of esters is 2. The van der Waals surface area contributed by atoms with Gasteiger partial charge in [-0.1, -0.05) is 38.1 Å². The van der Waals surface area contributed by atoms with Crippen molar-refractivity contribution in [3.63, 3.8) is 0 Å². The van der Waals surface area contributed by atoms with E-state index in [-0.39, 0.29) is 37.7 Å². The molecule has 0 spiro atoms. The molecule has 0 aliphatic carbocycles. The molecule has 2 aromatic rings. The van der Waals surface area contributed by atoms with Crippen LogP contribution in [-0.4, -0.2) is 56.2 Å². The zero-order valence-corrected chi connectivity index (χ0v) is 21.7. The average Bonchev–Trinajstić information content (AvgIpc) is 2.91. The molecule has 11 heteroatoms. The van der Waals surface area contributed by atoms with Crippen LogP contribution < -0.4 is 15.2 Å². The summed E-state index contributed by atoms with van der Waals surface area (Å²) in [5.41, 5.74) is 6.87. The van der Waals surface area contributed by atoms with E-state index in [1.807, 2.05) is 13.8 Å². The Bertz CT molecular complexity index is 1070. The maximum atomic E-state index is 12.4. The van der Waals surface area contributed by atoms with Gasteiger partial charge >= 0.3 is 24.2 Å². The molecule has 11 nitrogen and oxygen atoms in total. The van der Waals surface area contributed by atoms with Gasteiger partial charge in [0.15, 0.2) is 11.5 Å². The van der Waals surface area contributed by atoms with Crippen LogP contribution in [0.15, 0.2) is 48.5 Å². The topological polar surface area (TPSA) is 150 Å². The van der Waals surface area contributed by atoms with Crippen LogP contribution in [0, 0.1) is 0 Å². The van der Waals surface area contributed by atoms with Gasteiger partial charge in [0.2, 0.25) is 0 Å². The van der Waals surface area contributed by atoms with Crippen LogP contribution in [0.3, 0.4) is 0 Å². The van der Waals surface area contributed by atoms with Crippen LogP contribution >= 0.6 is 0 Å². The van der Waals surface area contributed by atoms with Crippen molar-refractivity contribution < 1.29 is 47.6 Å². The van der Waals surface area contributed by atoms with E-state index in [2.05, 4.69) is 0 Å². The first-order valence-electron chi connectivity index (χ1n) is 12.2. The van der Waals surface area contributed by atoms with Crippen LogP contribution in [0.1, 0.15) is 49.5 Å². The molecular formula is C27H33NO10. The molecule has 0 bridgehead atoms. The number of ether oxygens (including phenoxy) is 6. The highest BCUT2D eigenvalue weighted by Crippen LogP contribution is 2.30. The molecule has 2 atom stereocenters. The van der Waals surface area contributed by atoms with Gasteiger partial charge in [0, 0.05) is 0 Å². The number of rotatable bonds is 13. The molecule has 2 N–H and O–H groups in total. The Labute approximate surface area is 221 Å². The SMILES string of the molecule is CCCOC(=O)Oc1ccc(C[C@H](N)C(=O)OC[C@H](C)OC(=O)c2ccccc2)cc1OC(=O)OCCC. The highest BCUT2D eigenvalue weighted by molar-refractivity contribution is 5.89. The summed E-state index contributed by atoms with van der Waals surface area (Å²) in [4.78, 5) is 48.4. The van der Waals surface area contributed by atoms with Crippen LogP contribution in [-0.2, 0) is 30.2 Å². The van der Waals surface area contributed by atoms with Gasteiger partial charge < -0.3 is 34.2 Å². The fourth-order valence-corrected chi connectivity index (χ4v) is 2.96. The Morgan fingerprint density at radius 3 is 2.03 bits per heavy atom. The van der Waals surface area contributed by atoms with Gasteiger partial charge in [0.05, 0.1) is 18.8 Å². The van der Waals surface area contributed by atoms with Crippen molar-refractivity contribution >= 4 is 24.2 Å². The zero-order valence-electron chi connectivity index (χ0n) is 21.7. The molecule has 2 aromatic carbocycles. The molecule has 0 unspecified atom stereocenters. The summed E-state index contributed by atoms with van der Waals surface area (Å²) in [7, 11) is 0. The number of hydrogen-bond acceptors (Lipinski definition) is 11. The second-order valence-electron chi connectivity index (χ2n) is 8.20. The predicted molar refractivity (Wildman–Crippen MR) is 135 cm³/mol. The Balaban J connectivity index is 1.98. The van der Waals surface area contributed by atoms with Crippen molar-refractivity contribution in [1.82, 2.24) is 0 Å². The minimum atomic E-state index is -1.08. The lowest BCUT2D eigenvalue weighted by Gasteiger charge is -2.17. The van der Waals surface area contributed by atoms with E-state index in [0.29, 0.717) is 24.0 Å². The van der Waals surface area contributed by atoms with Gasteiger partial charge in [-0.2, -0.15) is 0 Å². The summed E-state index contributed by atoms with van der Waals surface area (Å²) in [6.07, 6.45) is -1.45. The third-order valence-electron chi connectivity index (χ3n) is 4.78. The number of hydrogen-bond donors (Lipinski definition) is 1. The highest BCUT2D eigenvalue weighted by Gasteiger charge is 2.21. The number of carbonyl (C=O) groups excluding carboxylic acids is 4. The molecular weight excluding hydrogens is 498 g/mol. The van der Waals surface area contributed by atoms with Crippen molar-refractivity contribution in [1.29, 1.82) is 0 Å². The number of carbonyl (C=O) groups is 4. The van der Waals surface area contributed by atoms with Crippen molar-refractivity contribution in [2.75, 3.05) is 19.8 Å². The van der Waals surface area contributed by atoms with Gasteiger partial charge in [-0.3, -0.25) is 4.79 Å². The minimum absolute atomic E-state index is 0.0119. The molecule has 0 aromatic heterocycles. The van der Waals surface area contributed by atoms with Crippen LogP contribution in [0.2, 0.25) is 0 Å². The molecule has 0 aliphatic rings. The summed E-state index contributed by atoms with van der Waals surface area (Å²) in [5.74, 6) is -1.45. The van der Waals surface area contributed by atoms with Crippen molar-refractivity contribution in [3.8, 4) is 11.5 Å². The fraction of sp³-hybridized carbons (Fsp3) is 0.407. The van der Waals surface area contributed by atoms with Gasteiger partial charge in [0.1, 0.15) is 18.8 Å². The molecule has 206 valence electrons. The smallest absolute Gasteiger partial charge is 0.461 e. The third kappa shape index (κ3) is 10.5. The first-order valence-corrected chi connectivity index (χ1v) is 12.2. The van der Waals surface area contributed by atoms with Gasteiger partial charge in [-0.15, -0.1) is 0 Å². The number of benzene rings is 2. The molecule has 0 aliphatic heterocycles. The quantitative estimate of drug-likeness (QED) is 0.225. The van der Waals surface area contributed by atoms with Crippen LogP contribution in [0.4, 0.5) is 9.59 Å². The third-order valence-corrected chi connectivity index (χ3v) is 4.78. The molecule has 0 fully saturated rings.